The summed E-state index contributed by atoms with van der Waals surface area (Å²) in [5.41, 5.74) is 0. The lowest BCUT2D eigenvalue weighted by atomic mass is 10.0. The van der Waals surface area contributed by atoms with Crippen molar-refractivity contribution in [3.8, 4) is 0 Å². The number of rotatable bonds is 53. The molecule has 0 rings (SSSR count). The maximum atomic E-state index is 12.7. The van der Waals surface area contributed by atoms with E-state index < -0.39 is 6.10 Å². The molecule has 0 saturated carbocycles. The maximum absolute atomic E-state index is 12.7. The van der Waals surface area contributed by atoms with E-state index in [1.165, 1.54) is 161 Å². The van der Waals surface area contributed by atoms with Gasteiger partial charge in [-0.25, -0.2) is 0 Å². The summed E-state index contributed by atoms with van der Waals surface area (Å²) in [4.78, 5) is 37.9. The molecular weight excluding hydrogens is 865 g/mol. The second kappa shape index (κ2) is 58.2. The van der Waals surface area contributed by atoms with Crippen LogP contribution in [0.15, 0.2) is 85.1 Å². The first-order valence-electron chi connectivity index (χ1n) is 29.6. The van der Waals surface area contributed by atoms with Gasteiger partial charge in [0.25, 0.3) is 0 Å². The SMILES string of the molecule is CC/C=C\C/C=C\C/C=C\C/C=C\CCC(=O)OC(COC(=O)CCCCCCCCCC)COC(=O)CCCCCCCCCCCCCCCCCC/C=C\C/C=C\C/C=C\CCCCCCC. The molecule has 0 saturated heterocycles. The highest BCUT2D eigenvalue weighted by molar-refractivity contribution is 5.71. The summed E-state index contributed by atoms with van der Waals surface area (Å²) in [6, 6.07) is 0. The average molecular weight is 976 g/mol. The fraction of sp³-hybridized carbons (Fsp3) is 0.734. The Morgan fingerprint density at radius 1 is 0.300 bits per heavy atom. The number of esters is 3. The summed E-state index contributed by atoms with van der Waals surface area (Å²) in [5, 5.41) is 0. The van der Waals surface area contributed by atoms with E-state index in [-0.39, 0.29) is 37.5 Å². The van der Waals surface area contributed by atoms with Gasteiger partial charge in [0.1, 0.15) is 13.2 Å². The van der Waals surface area contributed by atoms with Gasteiger partial charge in [0, 0.05) is 19.3 Å². The summed E-state index contributed by atoms with van der Waals surface area (Å²) in [5.74, 6) is -0.985. The summed E-state index contributed by atoms with van der Waals surface area (Å²) >= 11 is 0. The summed E-state index contributed by atoms with van der Waals surface area (Å²) < 4.78 is 16.7. The lowest BCUT2D eigenvalue weighted by molar-refractivity contribution is -0.166. The van der Waals surface area contributed by atoms with Gasteiger partial charge < -0.3 is 14.2 Å². The van der Waals surface area contributed by atoms with Crippen LogP contribution in [-0.2, 0) is 28.6 Å². The summed E-state index contributed by atoms with van der Waals surface area (Å²) in [6.45, 7) is 6.43. The molecule has 70 heavy (non-hydrogen) atoms. The van der Waals surface area contributed by atoms with Gasteiger partial charge in [-0.1, -0.05) is 266 Å². The van der Waals surface area contributed by atoms with Crippen LogP contribution < -0.4 is 0 Å². The van der Waals surface area contributed by atoms with Crippen LogP contribution in [0.3, 0.4) is 0 Å². The minimum Gasteiger partial charge on any atom is -0.462 e. The molecule has 0 fully saturated rings. The van der Waals surface area contributed by atoms with Gasteiger partial charge in [-0.2, -0.15) is 0 Å². The first-order chi connectivity index (χ1) is 34.5. The third kappa shape index (κ3) is 55.5. The fourth-order valence-corrected chi connectivity index (χ4v) is 8.23. The number of hydrogen-bond donors (Lipinski definition) is 0. The van der Waals surface area contributed by atoms with Crippen LogP contribution in [0.5, 0.6) is 0 Å². The molecule has 0 radical (unpaired) electrons. The molecule has 1 atom stereocenters. The maximum Gasteiger partial charge on any atom is 0.306 e. The number of hydrogen-bond acceptors (Lipinski definition) is 6. The van der Waals surface area contributed by atoms with E-state index >= 15 is 0 Å². The molecule has 0 heterocycles. The molecule has 0 bridgehead atoms. The quantitative estimate of drug-likeness (QED) is 0.0261. The zero-order chi connectivity index (χ0) is 50.7. The number of ether oxygens (including phenoxy) is 3. The Kier molecular flexibility index (Phi) is 55.3. The van der Waals surface area contributed by atoms with Crippen LogP contribution >= 0.6 is 0 Å². The predicted octanol–water partition coefficient (Wildman–Crippen LogP) is 19.9. The van der Waals surface area contributed by atoms with Crippen LogP contribution in [0.4, 0.5) is 0 Å². The van der Waals surface area contributed by atoms with Crippen molar-refractivity contribution in [2.45, 2.75) is 290 Å². The first-order valence-corrected chi connectivity index (χ1v) is 29.6. The van der Waals surface area contributed by atoms with Gasteiger partial charge in [-0.05, 0) is 83.5 Å². The number of allylic oxidation sites excluding steroid dienone is 14. The third-order valence-corrected chi connectivity index (χ3v) is 12.6. The molecule has 0 aliphatic heterocycles. The predicted molar refractivity (Wildman–Crippen MR) is 302 cm³/mol. The molecule has 0 aliphatic rings. The van der Waals surface area contributed by atoms with Crippen molar-refractivity contribution in [1.29, 1.82) is 0 Å². The monoisotopic (exact) mass is 975 g/mol. The normalized spacial score (nSPS) is 12.7. The lowest BCUT2D eigenvalue weighted by Gasteiger charge is -2.18. The highest BCUT2D eigenvalue weighted by atomic mass is 16.6. The number of carbonyl (C=O) groups excluding carboxylic acids is 3. The van der Waals surface area contributed by atoms with Crippen LogP contribution in [0.25, 0.3) is 0 Å². The minimum absolute atomic E-state index is 0.103. The smallest absolute Gasteiger partial charge is 0.306 e. The van der Waals surface area contributed by atoms with Crippen molar-refractivity contribution in [2.24, 2.45) is 0 Å². The van der Waals surface area contributed by atoms with Crippen LogP contribution in [0, 0.1) is 0 Å². The zero-order valence-electron chi connectivity index (χ0n) is 46.0. The van der Waals surface area contributed by atoms with E-state index in [4.69, 9.17) is 14.2 Å². The Morgan fingerprint density at radius 2 is 0.586 bits per heavy atom. The Morgan fingerprint density at radius 3 is 0.929 bits per heavy atom. The Bertz CT molecular complexity index is 1350. The minimum atomic E-state index is -0.810. The van der Waals surface area contributed by atoms with Crippen molar-refractivity contribution in [3.63, 3.8) is 0 Å². The lowest BCUT2D eigenvalue weighted by Crippen LogP contribution is -2.30. The highest BCUT2D eigenvalue weighted by Crippen LogP contribution is 2.16. The Balaban J connectivity index is 4.09. The van der Waals surface area contributed by atoms with E-state index in [1.807, 2.05) is 12.2 Å². The topological polar surface area (TPSA) is 78.9 Å². The van der Waals surface area contributed by atoms with E-state index in [0.717, 1.165) is 77.0 Å². The molecule has 1 unspecified atom stereocenters. The van der Waals surface area contributed by atoms with E-state index in [9.17, 15) is 14.4 Å². The van der Waals surface area contributed by atoms with Gasteiger partial charge >= 0.3 is 17.9 Å². The molecule has 0 aromatic heterocycles. The van der Waals surface area contributed by atoms with E-state index in [1.54, 1.807) is 0 Å². The van der Waals surface area contributed by atoms with Crippen LogP contribution in [-0.4, -0.2) is 37.2 Å². The molecule has 0 aliphatic carbocycles. The molecule has 0 amide bonds. The second-order valence-corrected chi connectivity index (χ2v) is 19.5. The molecule has 402 valence electrons. The molecule has 6 nitrogen and oxygen atoms in total. The first kappa shape index (κ1) is 66.6. The second-order valence-electron chi connectivity index (χ2n) is 19.5. The molecular formula is C64H110O6. The summed E-state index contributed by atoms with van der Waals surface area (Å²) in [7, 11) is 0. The van der Waals surface area contributed by atoms with Crippen LogP contribution in [0.2, 0.25) is 0 Å². The highest BCUT2D eigenvalue weighted by Gasteiger charge is 2.19. The average Bonchev–Trinajstić information content (AvgIpc) is 3.36. The fourth-order valence-electron chi connectivity index (χ4n) is 8.23. The zero-order valence-corrected chi connectivity index (χ0v) is 46.0. The van der Waals surface area contributed by atoms with Crippen molar-refractivity contribution < 1.29 is 28.6 Å². The Hall–Kier alpha value is -3.41. The van der Waals surface area contributed by atoms with Gasteiger partial charge in [-0.15, -0.1) is 0 Å². The van der Waals surface area contributed by atoms with Crippen molar-refractivity contribution in [2.75, 3.05) is 13.2 Å². The summed E-state index contributed by atoms with van der Waals surface area (Å²) in [6.07, 6.45) is 76.3. The molecule has 0 N–H and O–H groups in total. The molecule has 6 heteroatoms. The van der Waals surface area contributed by atoms with E-state index in [2.05, 4.69) is 93.7 Å². The van der Waals surface area contributed by atoms with Crippen molar-refractivity contribution in [3.05, 3.63) is 85.1 Å². The third-order valence-electron chi connectivity index (χ3n) is 12.6. The number of unbranched alkanes of at least 4 members (excludes halogenated alkanes) is 28. The molecule has 0 aromatic rings. The van der Waals surface area contributed by atoms with Gasteiger partial charge in [0.05, 0.1) is 0 Å². The van der Waals surface area contributed by atoms with E-state index in [0.29, 0.717) is 19.3 Å². The van der Waals surface area contributed by atoms with Gasteiger partial charge in [0.2, 0.25) is 0 Å². The van der Waals surface area contributed by atoms with Gasteiger partial charge in [-0.3, -0.25) is 14.4 Å². The standard InChI is InChI=1S/C64H110O6/c1-4-7-10-13-16-19-21-23-24-25-26-27-28-29-30-31-32-33-34-35-36-37-38-39-40-42-43-45-48-51-54-57-63(66)69-60-61(59-68-62(65)56-53-50-47-18-15-12-9-6-3)70-64(67)58-55-52-49-46-44-41-22-20-17-14-11-8-5-2/h8,11,17,20-21,23,25-26,28-29,41,44,49,52,61H,4-7,9-10,12-16,18-19,22,24,27,30-40,42-43,45-48,50-51,53-60H2,1-3H3/b11-8-,20-17-,23-21-,26-25-,29-28-,44-41-,52-49-. The molecule has 0 aromatic carbocycles. The van der Waals surface area contributed by atoms with Crippen LogP contribution in [0.1, 0.15) is 284 Å². The molecule has 0 spiro atoms. The van der Waals surface area contributed by atoms with Crippen molar-refractivity contribution >= 4 is 17.9 Å². The Labute approximate surface area is 433 Å². The largest absolute Gasteiger partial charge is 0.462 e. The van der Waals surface area contributed by atoms with Crippen molar-refractivity contribution in [1.82, 2.24) is 0 Å². The number of carbonyl (C=O) groups is 3. The van der Waals surface area contributed by atoms with Gasteiger partial charge in [0.15, 0.2) is 6.10 Å².